The molecule has 0 aromatic rings. The molecule has 82 valence electrons. The van der Waals surface area contributed by atoms with Gasteiger partial charge in [0.05, 0.1) is 6.61 Å². The lowest BCUT2D eigenvalue weighted by Gasteiger charge is -2.23. The first-order chi connectivity index (χ1) is 6.74. The number of hydrogen-bond donors (Lipinski definition) is 2. The molecule has 0 aromatic heterocycles. The second kappa shape index (κ2) is 6.27. The van der Waals surface area contributed by atoms with Crippen molar-refractivity contribution >= 4 is 17.7 Å². The van der Waals surface area contributed by atoms with Crippen LogP contribution in [0.1, 0.15) is 12.8 Å². The lowest BCUT2D eigenvalue weighted by molar-refractivity contribution is -0.124. The van der Waals surface area contributed by atoms with Crippen LogP contribution >= 0.6 is 11.8 Å². The standard InChI is InChI=1S/C9H18N2O2S/c1-13-5-8(10)9(12)11-7-3-2-4-14-6-7/h7-8H,2-6,10H2,1H3,(H,11,12). The van der Waals surface area contributed by atoms with E-state index in [2.05, 4.69) is 5.32 Å². The summed E-state index contributed by atoms with van der Waals surface area (Å²) in [7, 11) is 1.55. The predicted molar refractivity (Wildman–Crippen MR) is 58.3 cm³/mol. The van der Waals surface area contributed by atoms with E-state index in [0.29, 0.717) is 6.04 Å². The molecule has 2 unspecified atom stereocenters. The Bertz CT molecular complexity index is 184. The maximum absolute atomic E-state index is 11.5. The van der Waals surface area contributed by atoms with Crippen LogP contribution < -0.4 is 11.1 Å². The highest BCUT2D eigenvalue weighted by Crippen LogP contribution is 2.16. The molecule has 3 N–H and O–H groups in total. The fourth-order valence-electron chi connectivity index (χ4n) is 1.42. The van der Waals surface area contributed by atoms with Crippen molar-refractivity contribution in [1.29, 1.82) is 0 Å². The summed E-state index contributed by atoms with van der Waals surface area (Å²) in [5, 5.41) is 2.94. The summed E-state index contributed by atoms with van der Waals surface area (Å²) in [6, 6.07) is -0.240. The van der Waals surface area contributed by atoms with E-state index in [-0.39, 0.29) is 12.5 Å². The molecule has 1 heterocycles. The highest BCUT2D eigenvalue weighted by atomic mass is 32.2. The molecule has 0 aromatic carbocycles. The van der Waals surface area contributed by atoms with E-state index in [1.807, 2.05) is 11.8 Å². The second-order valence-electron chi connectivity index (χ2n) is 3.48. The van der Waals surface area contributed by atoms with Gasteiger partial charge in [0.25, 0.3) is 0 Å². The van der Waals surface area contributed by atoms with Gasteiger partial charge in [-0.25, -0.2) is 0 Å². The van der Waals surface area contributed by atoms with E-state index in [4.69, 9.17) is 10.5 Å². The number of carbonyl (C=O) groups excluding carboxylic acids is 1. The minimum atomic E-state index is -0.535. The van der Waals surface area contributed by atoms with Crippen molar-refractivity contribution < 1.29 is 9.53 Å². The number of nitrogens with one attached hydrogen (secondary N) is 1. The molecule has 1 aliphatic heterocycles. The molecule has 1 fully saturated rings. The van der Waals surface area contributed by atoms with Crippen molar-refractivity contribution in [1.82, 2.24) is 5.32 Å². The summed E-state index contributed by atoms with van der Waals surface area (Å²) < 4.78 is 4.82. The average molecular weight is 218 g/mol. The van der Waals surface area contributed by atoms with Crippen molar-refractivity contribution in [3.8, 4) is 0 Å². The molecule has 0 saturated carbocycles. The van der Waals surface area contributed by atoms with E-state index < -0.39 is 6.04 Å². The normalized spacial score (nSPS) is 24.3. The van der Waals surface area contributed by atoms with E-state index >= 15 is 0 Å². The van der Waals surface area contributed by atoms with Crippen LogP contribution in [0.25, 0.3) is 0 Å². The molecule has 2 atom stereocenters. The highest BCUT2D eigenvalue weighted by molar-refractivity contribution is 7.99. The van der Waals surface area contributed by atoms with Gasteiger partial charge < -0.3 is 15.8 Å². The minimum absolute atomic E-state index is 0.0978. The summed E-state index contributed by atoms with van der Waals surface area (Å²) in [6.07, 6.45) is 2.24. The number of hydrogen-bond acceptors (Lipinski definition) is 4. The Balaban J connectivity index is 2.24. The van der Waals surface area contributed by atoms with E-state index in [1.165, 1.54) is 12.2 Å². The number of nitrogens with two attached hydrogens (primary N) is 1. The van der Waals surface area contributed by atoms with Crippen LogP contribution in [-0.2, 0) is 9.53 Å². The Morgan fingerprint density at radius 1 is 1.79 bits per heavy atom. The smallest absolute Gasteiger partial charge is 0.239 e. The molecular weight excluding hydrogens is 200 g/mol. The van der Waals surface area contributed by atoms with Crippen LogP contribution in [-0.4, -0.2) is 43.2 Å². The summed E-state index contributed by atoms with van der Waals surface area (Å²) in [5.74, 6) is 2.11. The van der Waals surface area contributed by atoms with Gasteiger partial charge in [0, 0.05) is 18.9 Å². The molecule has 1 aliphatic rings. The molecule has 0 spiro atoms. The first-order valence-corrected chi connectivity index (χ1v) is 6.02. The largest absolute Gasteiger partial charge is 0.383 e. The average Bonchev–Trinajstić information content (AvgIpc) is 2.19. The Labute approximate surface area is 88.9 Å². The quantitative estimate of drug-likeness (QED) is 0.695. The van der Waals surface area contributed by atoms with Gasteiger partial charge in [0.15, 0.2) is 0 Å². The third kappa shape index (κ3) is 3.86. The van der Waals surface area contributed by atoms with E-state index in [1.54, 1.807) is 7.11 Å². The number of methoxy groups -OCH3 is 1. The Hall–Kier alpha value is -0.260. The molecule has 14 heavy (non-hydrogen) atoms. The molecule has 1 amide bonds. The van der Waals surface area contributed by atoms with Crippen LogP contribution in [0.15, 0.2) is 0 Å². The second-order valence-corrected chi connectivity index (χ2v) is 4.63. The third-order valence-corrected chi connectivity index (χ3v) is 3.41. The van der Waals surface area contributed by atoms with Crippen LogP contribution in [0, 0.1) is 0 Å². The maximum Gasteiger partial charge on any atom is 0.239 e. The summed E-state index contributed by atoms with van der Waals surface area (Å²) in [6.45, 7) is 0.283. The molecule has 5 heteroatoms. The van der Waals surface area contributed by atoms with Gasteiger partial charge in [0.1, 0.15) is 6.04 Å². The zero-order chi connectivity index (χ0) is 10.4. The molecule has 4 nitrogen and oxygen atoms in total. The Morgan fingerprint density at radius 2 is 2.57 bits per heavy atom. The Kier molecular flexibility index (Phi) is 5.29. The lowest BCUT2D eigenvalue weighted by atomic mass is 10.1. The van der Waals surface area contributed by atoms with Gasteiger partial charge in [0.2, 0.25) is 5.91 Å². The summed E-state index contributed by atoms with van der Waals surface area (Å²) >= 11 is 1.88. The molecule has 1 saturated heterocycles. The minimum Gasteiger partial charge on any atom is -0.383 e. The molecule has 0 bridgehead atoms. The molecule has 1 rings (SSSR count). The molecule has 0 radical (unpaired) electrons. The summed E-state index contributed by atoms with van der Waals surface area (Å²) in [4.78, 5) is 11.5. The van der Waals surface area contributed by atoms with Gasteiger partial charge >= 0.3 is 0 Å². The Morgan fingerprint density at radius 3 is 3.14 bits per heavy atom. The molecule has 0 aliphatic carbocycles. The van der Waals surface area contributed by atoms with Gasteiger partial charge in [-0.3, -0.25) is 4.79 Å². The van der Waals surface area contributed by atoms with Gasteiger partial charge in [-0.2, -0.15) is 11.8 Å². The molecular formula is C9H18N2O2S. The van der Waals surface area contributed by atoms with E-state index in [9.17, 15) is 4.79 Å². The zero-order valence-corrected chi connectivity index (χ0v) is 9.31. The maximum atomic E-state index is 11.5. The highest BCUT2D eigenvalue weighted by Gasteiger charge is 2.19. The topological polar surface area (TPSA) is 64.3 Å². The number of ether oxygens (including phenoxy) is 1. The fourth-order valence-corrected chi connectivity index (χ4v) is 2.49. The monoisotopic (exact) mass is 218 g/mol. The van der Waals surface area contributed by atoms with Crippen LogP contribution in [0.4, 0.5) is 0 Å². The third-order valence-electron chi connectivity index (χ3n) is 2.19. The number of carbonyl (C=O) groups is 1. The van der Waals surface area contributed by atoms with Gasteiger partial charge in [-0.15, -0.1) is 0 Å². The van der Waals surface area contributed by atoms with Crippen molar-refractivity contribution in [2.75, 3.05) is 25.2 Å². The van der Waals surface area contributed by atoms with Crippen LogP contribution in [0.3, 0.4) is 0 Å². The van der Waals surface area contributed by atoms with Crippen LogP contribution in [0.2, 0.25) is 0 Å². The fraction of sp³-hybridized carbons (Fsp3) is 0.889. The number of rotatable bonds is 4. The summed E-state index contributed by atoms with van der Waals surface area (Å²) in [5.41, 5.74) is 5.60. The number of thioether (sulfide) groups is 1. The predicted octanol–water partition coefficient (Wildman–Crippen LogP) is -0.0281. The zero-order valence-electron chi connectivity index (χ0n) is 8.49. The first kappa shape index (κ1) is 11.8. The SMILES string of the molecule is COCC(N)C(=O)NC1CCCSC1. The van der Waals surface area contributed by atoms with Crippen molar-refractivity contribution in [3.05, 3.63) is 0 Å². The van der Waals surface area contributed by atoms with E-state index in [0.717, 1.165) is 12.2 Å². The van der Waals surface area contributed by atoms with Crippen molar-refractivity contribution in [2.24, 2.45) is 5.73 Å². The lowest BCUT2D eigenvalue weighted by Crippen LogP contribution is -2.48. The van der Waals surface area contributed by atoms with Gasteiger partial charge in [-0.05, 0) is 18.6 Å². The van der Waals surface area contributed by atoms with Gasteiger partial charge in [-0.1, -0.05) is 0 Å². The van der Waals surface area contributed by atoms with Crippen molar-refractivity contribution in [3.63, 3.8) is 0 Å². The number of amides is 1. The van der Waals surface area contributed by atoms with Crippen molar-refractivity contribution in [2.45, 2.75) is 24.9 Å². The van der Waals surface area contributed by atoms with Crippen LogP contribution in [0.5, 0.6) is 0 Å². The first-order valence-electron chi connectivity index (χ1n) is 4.86.